The monoisotopic (exact) mass is 454 g/mol. The summed E-state index contributed by atoms with van der Waals surface area (Å²) < 4.78 is 17.4. The van der Waals surface area contributed by atoms with Crippen LogP contribution in [0.2, 0.25) is 0 Å². The molecular weight excluding hydrogens is 424 g/mol. The molecule has 9 heteroatoms. The third kappa shape index (κ3) is 4.49. The number of nitrogens with zero attached hydrogens (tertiary/aromatic N) is 2. The van der Waals surface area contributed by atoms with Gasteiger partial charge in [0.15, 0.2) is 6.29 Å². The smallest absolute Gasteiger partial charge is 0.319 e. The van der Waals surface area contributed by atoms with Gasteiger partial charge in [-0.3, -0.25) is 4.90 Å². The fourth-order valence-electron chi connectivity index (χ4n) is 4.96. The van der Waals surface area contributed by atoms with Crippen LogP contribution in [-0.2, 0) is 9.47 Å². The number of ether oxygens (including phenoxy) is 3. The van der Waals surface area contributed by atoms with Crippen molar-refractivity contribution in [3.8, 4) is 5.75 Å². The van der Waals surface area contributed by atoms with Gasteiger partial charge in [0.25, 0.3) is 0 Å². The molecule has 5 unspecified atom stereocenters. The zero-order valence-corrected chi connectivity index (χ0v) is 18.6. The molecule has 0 saturated carbocycles. The highest BCUT2D eigenvalue weighted by Gasteiger charge is 2.53. The number of amides is 2. The third-order valence-electron chi connectivity index (χ3n) is 6.62. The minimum Gasteiger partial charge on any atom is -0.495 e. The van der Waals surface area contributed by atoms with E-state index in [-0.39, 0.29) is 18.2 Å². The quantitative estimate of drug-likeness (QED) is 0.630. The number of benzene rings is 2. The number of fused-ring (bicyclic) bond motifs is 2. The van der Waals surface area contributed by atoms with Crippen LogP contribution in [0.5, 0.6) is 5.75 Å². The van der Waals surface area contributed by atoms with Crippen molar-refractivity contribution < 1.29 is 24.1 Å². The first-order valence-electron chi connectivity index (χ1n) is 11.3. The predicted octanol–water partition coefficient (Wildman–Crippen LogP) is 1.49. The molecule has 176 valence electrons. The third-order valence-corrected chi connectivity index (χ3v) is 6.62. The van der Waals surface area contributed by atoms with Crippen LogP contribution in [0.1, 0.15) is 0 Å². The number of hydrogen-bond acceptors (Lipinski definition) is 7. The number of rotatable bonds is 5. The van der Waals surface area contributed by atoms with Crippen molar-refractivity contribution in [2.45, 2.75) is 30.6 Å². The Morgan fingerprint density at radius 1 is 1.06 bits per heavy atom. The maximum Gasteiger partial charge on any atom is 0.319 e. The second kappa shape index (κ2) is 9.56. The molecule has 2 bridgehead atoms. The second-order valence-corrected chi connectivity index (χ2v) is 8.54. The second-order valence-electron chi connectivity index (χ2n) is 8.54. The molecule has 3 N–H and O–H groups in total. The molecule has 9 nitrogen and oxygen atoms in total. The van der Waals surface area contributed by atoms with E-state index in [1.807, 2.05) is 48.5 Å². The van der Waals surface area contributed by atoms with Crippen LogP contribution in [0.4, 0.5) is 16.2 Å². The highest BCUT2D eigenvalue weighted by atomic mass is 16.7. The van der Waals surface area contributed by atoms with Gasteiger partial charge < -0.3 is 34.9 Å². The van der Waals surface area contributed by atoms with Crippen molar-refractivity contribution in [1.29, 1.82) is 0 Å². The molecule has 2 aromatic carbocycles. The van der Waals surface area contributed by atoms with Crippen molar-refractivity contribution in [3.05, 3.63) is 54.6 Å². The van der Waals surface area contributed by atoms with Crippen LogP contribution in [0.15, 0.2) is 54.6 Å². The lowest BCUT2D eigenvalue weighted by Crippen LogP contribution is -2.67. The number of carbonyl (C=O) groups is 1. The number of carbonyl (C=O) groups excluding carboxylic acids is 1. The maximum atomic E-state index is 12.6. The van der Waals surface area contributed by atoms with E-state index in [1.54, 1.807) is 7.11 Å². The van der Waals surface area contributed by atoms with Crippen LogP contribution in [0.3, 0.4) is 0 Å². The average Bonchev–Trinajstić information content (AvgIpc) is 3.28. The SMILES string of the molecule is COc1ccccc1N1CCN(C2C3OCC(O3)C(NC(=O)Nc3ccccc3)C2O)CC1. The molecule has 3 fully saturated rings. The van der Waals surface area contributed by atoms with Gasteiger partial charge in [-0.05, 0) is 24.3 Å². The van der Waals surface area contributed by atoms with Crippen LogP contribution >= 0.6 is 0 Å². The van der Waals surface area contributed by atoms with Gasteiger partial charge in [-0.2, -0.15) is 0 Å². The molecule has 2 amide bonds. The number of hydrogen-bond donors (Lipinski definition) is 3. The van der Waals surface area contributed by atoms with Crippen molar-refractivity contribution in [2.24, 2.45) is 0 Å². The van der Waals surface area contributed by atoms with E-state index in [9.17, 15) is 9.90 Å². The van der Waals surface area contributed by atoms with Crippen molar-refractivity contribution in [1.82, 2.24) is 10.2 Å². The van der Waals surface area contributed by atoms with Gasteiger partial charge >= 0.3 is 6.03 Å². The Balaban J connectivity index is 1.24. The lowest BCUT2D eigenvalue weighted by molar-refractivity contribution is -0.181. The first-order valence-corrected chi connectivity index (χ1v) is 11.3. The molecule has 3 aliphatic rings. The summed E-state index contributed by atoms with van der Waals surface area (Å²) in [6.07, 6.45) is -1.69. The molecule has 0 radical (unpaired) electrons. The van der Waals surface area contributed by atoms with E-state index in [0.717, 1.165) is 37.6 Å². The largest absolute Gasteiger partial charge is 0.495 e. The number of aliphatic hydroxyl groups is 1. The summed E-state index contributed by atoms with van der Waals surface area (Å²) in [5.41, 5.74) is 1.75. The molecule has 3 saturated heterocycles. The van der Waals surface area contributed by atoms with Crippen molar-refractivity contribution in [2.75, 3.05) is 50.1 Å². The summed E-state index contributed by atoms with van der Waals surface area (Å²) in [4.78, 5) is 17.1. The van der Waals surface area contributed by atoms with Crippen molar-refractivity contribution in [3.63, 3.8) is 0 Å². The van der Waals surface area contributed by atoms with Gasteiger partial charge in [-0.1, -0.05) is 30.3 Å². The minimum atomic E-state index is -0.810. The van der Waals surface area contributed by atoms with Gasteiger partial charge in [0.2, 0.25) is 0 Å². The van der Waals surface area contributed by atoms with Gasteiger partial charge in [0, 0.05) is 31.9 Å². The molecule has 5 atom stereocenters. The number of urea groups is 1. The van der Waals surface area contributed by atoms with Gasteiger partial charge in [0.1, 0.15) is 11.9 Å². The minimum absolute atomic E-state index is 0.343. The summed E-state index contributed by atoms with van der Waals surface area (Å²) >= 11 is 0. The van der Waals surface area contributed by atoms with Crippen molar-refractivity contribution >= 4 is 17.4 Å². The van der Waals surface area contributed by atoms with E-state index in [1.165, 1.54) is 0 Å². The fourth-order valence-corrected chi connectivity index (χ4v) is 4.96. The number of methoxy groups -OCH3 is 1. The molecular formula is C24H30N4O5. The van der Waals surface area contributed by atoms with Gasteiger partial charge in [0.05, 0.1) is 37.6 Å². The average molecular weight is 455 g/mol. The Morgan fingerprint density at radius 2 is 1.79 bits per heavy atom. The first-order chi connectivity index (χ1) is 16.1. The Kier molecular flexibility index (Phi) is 6.37. The Labute approximate surface area is 193 Å². The first kappa shape index (κ1) is 22.0. The highest BCUT2D eigenvalue weighted by Crippen LogP contribution is 2.33. The van der Waals surface area contributed by atoms with Gasteiger partial charge in [-0.15, -0.1) is 0 Å². The Hall–Kier alpha value is -2.85. The van der Waals surface area contributed by atoms with E-state index in [2.05, 4.69) is 26.5 Å². The highest BCUT2D eigenvalue weighted by molar-refractivity contribution is 5.89. The molecule has 0 spiro atoms. The number of nitrogens with one attached hydrogen (secondary N) is 2. The summed E-state index contributed by atoms with van der Waals surface area (Å²) in [6.45, 7) is 3.38. The molecule has 3 aliphatic heterocycles. The van der Waals surface area contributed by atoms with E-state index >= 15 is 0 Å². The van der Waals surface area contributed by atoms with E-state index < -0.39 is 18.4 Å². The van der Waals surface area contributed by atoms with Crippen LogP contribution in [-0.4, -0.2) is 86.5 Å². The van der Waals surface area contributed by atoms with Crippen LogP contribution < -0.4 is 20.3 Å². The van der Waals surface area contributed by atoms with Gasteiger partial charge in [-0.25, -0.2) is 4.79 Å². The molecule has 5 rings (SSSR count). The number of aliphatic hydroxyl groups excluding tert-OH is 1. The zero-order valence-electron chi connectivity index (χ0n) is 18.6. The van der Waals surface area contributed by atoms with E-state index in [4.69, 9.17) is 14.2 Å². The lowest BCUT2D eigenvalue weighted by atomic mass is 9.94. The molecule has 2 aromatic rings. The number of anilines is 2. The number of piperazine rings is 1. The van der Waals surface area contributed by atoms with E-state index in [0.29, 0.717) is 12.3 Å². The summed E-state index contributed by atoms with van der Waals surface area (Å²) in [5, 5.41) is 17.0. The Bertz CT molecular complexity index is 953. The Morgan fingerprint density at radius 3 is 2.55 bits per heavy atom. The topological polar surface area (TPSA) is 95.5 Å². The van der Waals surface area contributed by atoms with Crippen LogP contribution in [0, 0.1) is 0 Å². The van der Waals surface area contributed by atoms with Crippen LogP contribution in [0.25, 0.3) is 0 Å². The molecule has 0 aliphatic carbocycles. The lowest BCUT2D eigenvalue weighted by Gasteiger charge is -2.47. The maximum absolute atomic E-state index is 12.6. The predicted molar refractivity (Wildman–Crippen MR) is 124 cm³/mol. The zero-order chi connectivity index (χ0) is 22.8. The summed E-state index contributed by atoms with van der Waals surface area (Å²) in [6, 6.07) is 15.9. The number of para-hydroxylation sites is 3. The molecule has 0 aromatic heterocycles. The normalized spacial score (nSPS) is 29.5. The standard InChI is InChI=1S/C24H30N4O5/c1-31-18-10-6-5-9-17(18)27-11-13-28(14-12-27)21-22(29)20(19-15-32-23(21)33-19)26-24(30)25-16-7-3-2-4-8-16/h2-10,19-23,29H,11-15H2,1H3,(H2,25,26,30). The fraction of sp³-hybridized carbons (Fsp3) is 0.458. The molecule has 3 heterocycles. The molecule has 33 heavy (non-hydrogen) atoms. The summed E-state index contributed by atoms with van der Waals surface area (Å²) in [7, 11) is 1.68. The summed E-state index contributed by atoms with van der Waals surface area (Å²) in [5.74, 6) is 0.850.